The molecule has 2 heterocycles. The lowest BCUT2D eigenvalue weighted by Gasteiger charge is -2.27. The summed E-state index contributed by atoms with van der Waals surface area (Å²) >= 11 is 12.0. The number of nitrogens with zero attached hydrogens (tertiary/aromatic N) is 1. The fraction of sp³-hybridized carbons (Fsp3) is 0.211. The minimum atomic E-state index is -0.176. The average Bonchev–Trinajstić information content (AvgIpc) is 2.97. The maximum atomic E-state index is 12.6. The number of amides is 2. The molecule has 134 valence electrons. The van der Waals surface area contributed by atoms with Gasteiger partial charge in [-0.15, -0.1) is 0 Å². The number of nitrogens with one attached hydrogen (secondary N) is 2. The van der Waals surface area contributed by atoms with Crippen LogP contribution in [0.25, 0.3) is 10.9 Å². The van der Waals surface area contributed by atoms with Gasteiger partial charge in [0.25, 0.3) is 0 Å². The van der Waals surface area contributed by atoms with Crippen molar-refractivity contribution in [3.05, 3.63) is 57.7 Å². The molecule has 0 bridgehead atoms. The Morgan fingerprint density at radius 2 is 1.96 bits per heavy atom. The van der Waals surface area contributed by atoms with Gasteiger partial charge in [0.15, 0.2) is 0 Å². The highest BCUT2D eigenvalue weighted by Gasteiger charge is 2.24. The first-order chi connectivity index (χ1) is 12.5. The molecule has 0 saturated carbocycles. The van der Waals surface area contributed by atoms with Crippen molar-refractivity contribution in [1.82, 2.24) is 9.88 Å². The number of benzene rings is 2. The zero-order chi connectivity index (χ0) is 18.3. The standard InChI is InChI=1S/C19H17Cl2N3O2/c1-26-14-2-3-17-16(9-14)15-4-5-24(10-18(15)23-17)19(25)22-13-7-11(20)6-12(21)8-13/h2-3,6-9,23H,4-5,10H2,1H3,(H,22,25). The molecule has 0 aliphatic carbocycles. The van der Waals surface area contributed by atoms with Crippen LogP contribution >= 0.6 is 23.2 Å². The van der Waals surface area contributed by atoms with Crippen LogP contribution in [0.2, 0.25) is 10.0 Å². The molecule has 5 nitrogen and oxygen atoms in total. The Morgan fingerprint density at radius 3 is 2.69 bits per heavy atom. The molecule has 0 fully saturated rings. The number of hydrogen-bond acceptors (Lipinski definition) is 2. The highest BCUT2D eigenvalue weighted by molar-refractivity contribution is 6.35. The Labute approximate surface area is 160 Å². The van der Waals surface area contributed by atoms with E-state index in [2.05, 4.69) is 10.3 Å². The molecular formula is C19H17Cl2N3O2. The van der Waals surface area contributed by atoms with Crippen molar-refractivity contribution in [1.29, 1.82) is 0 Å². The third kappa shape index (κ3) is 3.20. The number of halogens is 2. The van der Waals surface area contributed by atoms with Crippen LogP contribution in [0.4, 0.5) is 10.5 Å². The van der Waals surface area contributed by atoms with E-state index in [0.29, 0.717) is 28.8 Å². The van der Waals surface area contributed by atoms with Gasteiger partial charge in [0, 0.05) is 38.9 Å². The van der Waals surface area contributed by atoms with Crippen molar-refractivity contribution in [2.45, 2.75) is 13.0 Å². The second-order valence-electron chi connectivity index (χ2n) is 6.25. The quantitative estimate of drug-likeness (QED) is 0.642. The number of hydrogen-bond donors (Lipinski definition) is 2. The summed E-state index contributed by atoms with van der Waals surface area (Å²) < 4.78 is 5.32. The summed E-state index contributed by atoms with van der Waals surface area (Å²) in [6.45, 7) is 1.16. The lowest BCUT2D eigenvalue weighted by atomic mass is 10.0. The molecule has 0 radical (unpaired) electrons. The summed E-state index contributed by atoms with van der Waals surface area (Å²) in [5.41, 5.74) is 3.94. The summed E-state index contributed by atoms with van der Waals surface area (Å²) in [6, 6.07) is 10.8. The molecule has 2 aromatic carbocycles. The van der Waals surface area contributed by atoms with Gasteiger partial charge in [0.1, 0.15) is 5.75 Å². The van der Waals surface area contributed by atoms with E-state index in [1.165, 1.54) is 5.56 Å². The number of aromatic nitrogens is 1. The maximum absolute atomic E-state index is 12.6. The van der Waals surface area contributed by atoms with Crippen LogP contribution in [0.15, 0.2) is 36.4 Å². The van der Waals surface area contributed by atoms with Crippen LogP contribution < -0.4 is 10.1 Å². The number of urea groups is 1. The number of carbonyl (C=O) groups excluding carboxylic acids is 1. The van der Waals surface area contributed by atoms with E-state index >= 15 is 0 Å². The number of H-pyrrole nitrogens is 1. The SMILES string of the molecule is COc1ccc2[nH]c3c(c2c1)CCN(C(=O)Nc1cc(Cl)cc(Cl)c1)C3. The van der Waals surface area contributed by atoms with Gasteiger partial charge in [0.05, 0.1) is 13.7 Å². The summed E-state index contributed by atoms with van der Waals surface area (Å²) in [7, 11) is 1.66. The molecule has 4 rings (SSSR count). The predicted molar refractivity (Wildman–Crippen MR) is 104 cm³/mol. The van der Waals surface area contributed by atoms with Crippen LogP contribution in [-0.4, -0.2) is 29.6 Å². The van der Waals surface area contributed by atoms with Crippen molar-refractivity contribution in [2.75, 3.05) is 19.0 Å². The normalized spacial score (nSPS) is 13.6. The van der Waals surface area contributed by atoms with E-state index in [1.54, 1.807) is 30.2 Å². The Hall–Kier alpha value is -2.37. The number of methoxy groups -OCH3 is 1. The van der Waals surface area contributed by atoms with Gasteiger partial charge in [-0.1, -0.05) is 23.2 Å². The molecule has 26 heavy (non-hydrogen) atoms. The third-order valence-electron chi connectivity index (χ3n) is 4.58. The lowest BCUT2D eigenvalue weighted by molar-refractivity contribution is 0.206. The van der Waals surface area contributed by atoms with E-state index in [1.807, 2.05) is 18.2 Å². The highest BCUT2D eigenvalue weighted by atomic mass is 35.5. The molecule has 2 N–H and O–H groups in total. The first-order valence-corrected chi connectivity index (χ1v) is 8.98. The van der Waals surface area contributed by atoms with Crippen molar-refractivity contribution < 1.29 is 9.53 Å². The van der Waals surface area contributed by atoms with Crippen molar-refractivity contribution in [3.63, 3.8) is 0 Å². The van der Waals surface area contributed by atoms with Gasteiger partial charge in [-0.25, -0.2) is 4.79 Å². The summed E-state index contributed by atoms with van der Waals surface area (Å²) in [4.78, 5) is 17.8. The molecule has 0 atom stereocenters. The van der Waals surface area contributed by atoms with E-state index in [4.69, 9.17) is 27.9 Å². The lowest BCUT2D eigenvalue weighted by Crippen LogP contribution is -2.38. The van der Waals surface area contributed by atoms with Gasteiger partial charge >= 0.3 is 6.03 Å². The number of ether oxygens (including phenoxy) is 1. The zero-order valence-electron chi connectivity index (χ0n) is 14.1. The van der Waals surface area contributed by atoms with Crippen molar-refractivity contribution >= 4 is 45.8 Å². The molecule has 0 saturated heterocycles. The van der Waals surface area contributed by atoms with E-state index in [-0.39, 0.29) is 6.03 Å². The van der Waals surface area contributed by atoms with E-state index in [0.717, 1.165) is 28.8 Å². The van der Waals surface area contributed by atoms with Crippen LogP contribution in [0.1, 0.15) is 11.3 Å². The molecule has 1 aliphatic rings. The number of anilines is 1. The predicted octanol–water partition coefficient (Wildman–Crippen LogP) is 5.07. The molecule has 7 heteroatoms. The Kier molecular flexibility index (Phi) is 4.42. The fourth-order valence-corrected chi connectivity index (χ4v) is 3.87. The first kappa shape index (κ1) is 17.1. The number of carbonyl (C=O) groups is 1. The molecule has 3 aromatic rings. The smallest absolute Gasteiger partial charge is 0.322 e. The van der Waals surface area contributed by atoms with Crippen LogP contribution in [0.3, 0.4) is 0 Å². The molecule has 0 spiro atoms. The van der Waals surface area contributed by atoms with E-state index < -0.39 is 0 Å². The average molecular weight is 390 g/mol. The minimum Gasteiger partial charge on any atom is -0.497 e. The van der Waals surface area contributed by atoms with Crippen molar-refractivity contribution in [2.24, 2.45) is 0 Å². The molecular weight excluding hydrogens is 373 g/mol. The fourth-order valence-electron chi connectivity index (χ4n) is 3.35. The molecule has 2 amide bonds. The zero-order valence-corrected chi connectivity index (χ0v) is 15.6. The molecule has 1 aromatic heterocycles. The van der Waals surface area contributed by atoms with Crippen LogP contribution in [0, 0.1) is 0 Å². The van der Waals surface area contributed by atoms with Gasteiger partial charge < -0.3 is 19.9 Å². The van der Waals surface area contributed by atoms with Crippen molar-refractivity contribution in [3.8, 4) is 5.75 Å². The number of fused-ring (bicyclic) bond motifs is 3. The third-order valence-corrected chi connectivity index (χ3v) is 5.02. The summed E-state index contributed by atoms with van der Waals surface area (Å²) in [5, 5.41) is 4.98. The first-order valence-electron chi connectivity index (χ1n) is 8.23. The Bertz CT molecular complexity index is 980. The van der Waals surface area contributed by atoms with E-state index in [9.17, 15) is 4.79 Å². The molecule has 1 aliphatic heterocycles. The second-order valence-corrected chi connectivity index (χ2v) is 7.13. The van der Waals surface area contributed by atoms with Gasteiger partial charge in [-0.2, -0.15) is 0 Å². The second kappa shape index (κ2) is 6.74. The monoisotopic (exact) mass is 389 g/mol. The highest BCUT2D eigenvalue weighted by Crippen LogP contribution is 2.30. The van der Waals surface area contributed by atoms with Gasteiger partial charge in [0.2, 0.25) is 0 Å². The minimum absolute atomic E-state index is 0.176. The molecule has 0 unspecified atom stereocenters. The summed E-state index contributed by atoms with van der Waals surface area (Å²) in [6.07, 6.45) is 0.784. The van der Waals surface area contributed by atoms with Crippen LogP contribution in [0.5, 0.6) is 5.75 Å². The largest absolute Gasteiger partial charge is 0.497 e. The van der Waals surface area contributed by atoms with Gasteiger partial charge in [-0.05, 0) is 48.4 Å². The Morgan fingerprint density at radius 1 is 1.19 bits per heavy atom. The Balaban J connectivity index is 1.55. The topological polar surface area (TPSA) is 57.4 Å². The van der Waals surface area contributed by atoms with Crippen LogP contribution in [-0.2, 0) is 13.0 Å². The maximum Gasteiger partial charge on any atom is 0.322 e. The number of rotatable bonds is 2. The number of aromatic amines is 1. The summed E-state index contributed by atoms with van der Waals surface area (Å²) in [5.74, 6) is 0.831. The van der Waals surface area contributed by atoms with Gasteiger partial charge in [-0.3, -0.25) is 0 Å².